The van der Waals surface area contributed by atoms with Gasteiger partial charge in [-0.25, -0.2) is 9.13 Å². The van der Waals surface area contributed by atoms with E-state index in [1.807, 2.05) is 4.57 Å². The van der Waals surface area contributed by atoms with E-state index < -0.39 is 255 Å². The Morgan fingerprint density at radius 2 is 0.517 bits per heavy atom. The monoisotopic (exact) mass is 1300 g/mol. The minimum absolute atomic E-state index is 0.224. The molecule has 0 radical (unpaired) electrons. The van der Waals surface area contributed by atoms with Crippen LogP contribution in [0.1, 0.15) is 45.4 Å². The van der Waals surface area contributed by atoms with Gasteiger partial charge in [0.25, 0.3) is 0 Å². The van der Waals surface area contributed by atoms with E-state index in [0.717, 1.165) is 38.5 Å². The predicted octanol–water partition coefficient (Wildman–Crippen LogP) is -12.1. The zero-order chi connectivity index (χ0) is 64.3. The van der Waals surface area contributed by atoms with Gasteiger partial charge in [-0.15, -0.1) is 0 Å². The highest BCUT2D eigenvalue weighted by atomic mass is 16.8. The van der Waals surface area contributed by atoms with Gasteiger partial charge in [0.05, 0.1) is 46.2 Å². The number of nitrogens with zero attached hydrogens (tertiary/aromatic N) is 2. The second-order valence-electron chi connectivity index (χ2n) is 23.6. The molecule has 21 fully saturated rings. The van der Waals surface area contributed by atoms with Crippen LogP contribution in [0.2, 0.25) is 0 Å². The molecule has 0 aromatic carbocycles. The number of hydrogen-bond donors (Lipinski definition) is 20. The maximum atomic E-state index is 12.0. The van der Waals surface area contributed by atoms with Crippen molar-refractivity contribution in [2.24, 2.45) is 0 Å². The van der Waals surface area contributed by atoms with Crippen LogP contribution < -0.4 is 4.57 Å². The number of rotatable bonds is 15. The van der Waals surface area contributed by atoms with Gasteiger partial charge in [0.2, 0.25) is 6.33 Å². The first kappa shape index (κ1) is 71.2. The highest BCUT2D eigenvalue weighted by molar-refractivity contribution is 5.02. The van der Waals surface area contributed by atoms with Crippen LogP contribution in [-0.2, 0) is 79.4 Å². The number of aliphatic hydroxyl groups is 20. The Hall–Kier alpha value is -2.15. The molecule has 36 heteroatoms. The van der Waals surface area contributed by atoms with Crippen molar-refractivity contribution in [3.63, 3.8) is 0 Å². The third-order valence-corrected chi connectivity index (χ3v) is 17.5. The summed E-state index contributed by atoms with van der Waals surface area (Å²) < 4.78 is 85.6. The van der Waals surface area contributed by atoms with E-state index in [0.29, 0.717) is 6.54 Å². The largest absolute Gasteiger partial charge is 0.394 e. The number of ether oxygens (including phenoxy) is 14. The topological polar surface area (TPSA) is 543 Å². The molecule has 514 valence electrons. The molecule has 1 unspecified atom stereocenters. The average Bonchev–Trinajstić information content (AvgIpc) is 2.17. The lowest BCUT2D eigenvalue weighted by Crippen LogP contribution is -2.68. The highest BCUT2D eigenvalue weighted by Gasteiger charge is 2.60. The number of imidazole rings is 1. The molecule has 0 aliphatic carbocycles. The lowest BCUT2D eigenvalue weighted by atomic mass is 9.95. The normalized spacial score (nSPS) is 49.5. The molecule has 20 N–H and O–H groups in total. The fourth-order valence-electron chi connectivity index (χ4n) is 12.4. The molecule has 1 aromatic rings. The quantitative estimate of drug-likeness (QED) is 0.0573. The summed E-state index contributed by atoms with van der Waals surface area (Å²) in [7, 11) is 0. The van der Waals surface area contributed by atoms with Gasteiger partial charge in [-0.05, 0) is 12.8 Å². The van der Waals surface area contributed by atoms with Crippen molar-refractivity contribution in [3.05, 3.63) is 18.7 Å². The summed E-state index contributed by atoms with van der Waals surface area (Å²) in [5, 5.41) is 225. The van der Waals surface area contributed by atoms with Gasteiger partial charge in [-0.1, -0.05) is 32.6 Å². The van der Waals surface area contributed by atoms with Crippen molar-refractivity contribution < 1.29 is 173 Å². The van der Waals surface area contributed by atoms with Gasteiger partial charge >= 0.3 is 0 Å². The number of aromatic nitrogens is 2. The lowest BCUT2D eigenvalue weighted by Gasteiger charge is -2.50. The maximum Gasteiger partial charge on any atom is 0.243 e. The van der Waals surface area contributed by atoms with Crippen LogP contribution in [0.5, 0.6) is 0 Å². The average molecular weight is 1300 g/mol. The first-order valence-corrected chi connectivity index (χ1v) is 30.0. The Balaban J connectivity index is 1.01. The standard InChI is InChI=1S/C53H89N2O34/c1-2-3-4-5-6-7-8-54-9-10-55(18-54)11-19-40-26(62)33(69)47(76-19)84-41-20(12-56)78-49(35(71)28(41)64)86-43-22(14-58)80-51(37(73)30(43)66)88-45-24(16-60)82-53(39(75)32(45)68)89-46-25(17-61)81-52(38(74)31(46)67)87-44-23(15-59)79-50(36(72)29(44)65)85-42-21(13-57)77-48(83-40)34(70)27(42)63/h9-10,18-53,56-75H,2-8,11-17H2,1H3/q+1/t19-,20-,21-,22-,23-,24-,25-,26-,27-,28-,29-,30-,31-,32-,33-,34?,35-,36-,37-,38-,39-,40-,41-,42-,43-,44-,45-,46-,47-,48-,49-,50-,51-,52-,53-/m1/s1. The summed E-state index contributed by atoms with van der Waals surface area (Å²) in [5.41, 5.74) is 0. The predicted molar refractivity (Wildman–Crippen MR) is 279 cm³/mol. The van der Waals surface area contributed by atoms with E-state index in [1.54, 1.807) is 23.3 Å². The zero-order valence-electron chi connectivity index (χ0n) is 48.4. The number of hydrogen-bond acceptors (Lipinski definition) is 34. The summed E-state index contributed by atoms with van der Waals surface area (Å²) in [6, 6.07) is 0. The van der Waals surface area contributed by atoms with Gasteiger partial charge in [0, 0.05) is 0 Å². The Bertz CT molecular complexity index is 2270. The Labute approximate surface area is 508 Å². The molecule has 14 bridgehead atoms. The number of aryl methyl sites for hydroxylation is 1. The Morgan fingerprint density at radius 3 is 0.764 bits per heavy atom. The van der Waals surface area contributed by atoms with Crippen molar-refractivity contribution in [2.75, 3.05) is 39.6 Å². The first-order chi connectivity index (χ1) is 42.6. The van der Waals surface area contributed by atoms with E-state index >= 15 is 0 Å². The SMILES string of the molecule is CCCCCCCCn1cc[n+](C[C@H]2O[C@@H]3O[C@H]4[C@H](O)[C@@H](O)[C@@H](O[C@H]5[C@H](O)[C@@H](O)[C@@H](O[C@H]6[C@H](O)[C@@H](O)[C@@H](O[C@H]7[C@H](O)[C@@H](O)[C@@H](O[C@H]8[C@H](O)[C@@H](O)[C@@H](O[C@H]9[C@H](O)C(O)[C@@H](O[C@H]2[C@H](O)[C@H]3O)O[C@@H]9CO)O[C@@H]8CO)O[C@@H]7CO)O[C@@H]6CO)O[C@@H]5CO)O[C@@H]4CO)c1. The minimum Gasteiger partial charge on any atom is -0.394 e. The summed E-state index contributed by atoms with van der Waals surface area (Å²) >= 11 is 0. The third-order valence-electron chi connectivity index (χ3n) is 17.5. The van der Waals surface area contributed by atoms with Gasteiger partial charge in [-0.2, -0.15) is 0 Å². The van der Waals surface area contributed by atoms with E-state index in [1.165, 1.54) is 0 Å². The molecule has 0 saturated carbocycles. The molecule has 22 heterocycles. The third kappa shape index (κ3) is 15.3. The Morgan fingerprint density at radius 1 is 0.292 bits per heavy atom. The molecule has 21 aliphatic heterocycles. The fourth-order valence-corrected chi connectivity index (χ4v) is 12.4. The molecule has 0 spiro atoms. The van der Waals surface area contributed by atoms with Crippen molar-refractivity contribution >= 4 is 0 Å². The van der Waals surface area contributed by atoms with Crippen LogP contribution >= 0.6 is 0 Å². The second-order valence-corrected chi connectivity index (χ2v) is 23.6. The van der Waals surface area contributed by atoms with Crippen LogP contribution in [-0.4, -0.2) is 361 Å². The van der Waals surface area contributed by atoms with E-state index in [2.05, 4.69) is 6.92 Å². The van der Waals surface area contributed by atoms with Crippen molar-refractivity contribution in [1.29, 1.82) is 0 Å². The molecule has 36 nitrogen and oxygen atoms in total. The Kier molecular flexibility index (Phi) is 25.3. The lowest BCUT2D eigenvalue weighted by molar-refractivity contribution is -0.707. The summed E-state index contributed by atoms with van der Waals surface area (Å²) in [6.07, 6.45) is -58.0. The molecular formula is C53H89N2O34+. The van der Waals surface area contributed by atoms with Gasteiger partial charge in [0.15, 0.2) is 44.0 Å². The molecule has 89 heavy (non-hydrogen) atoms. The number of unbranched alkanes of at least 4 members (excludes halogenated alkanes) is 5. The van der Waals surface area contributed by atoms with E-state index in [4.69, 9.17) is 66.3 Å². The van der Waals surface area contributed by atoms with Gasteiger partial charge in [-0.3, -0.25) is 0 Å². The number of aliphatic hydroxyl groups excluding tert-OH is 20. The first-order valence-electron chi connectivity index (χ1n) is 30.0. The summed E-state index contributed by atoms with van der Waals surface area (Å²) in [4.78, 5) is 0. The van der Waals surface area contributed by atoms with Crippen LogP contribution in [0.3, 0.4) is 0 Å². The maximum absolute atomic E-state index is 12.0. The van der Waals surface area contributed by atoms with Crippen LogP contribution in [0, 0.1) is 0 Å². The molecular weight excluding hydrogens is 1210 g/mol. The highest BCUT2D eigenvalue weighted by Crippen LogP contribution is 2.39. The van der Waals surface area contributed by atoms with Crippen LogP contribution in [0.15, 0.2) is 18.7 Å². The smallest absolute Gasteiger partial charge is 0.243 e. The van der Waals surface area contributed by atoms with Crippen molar-refractivity contribution in [1.82, 2.24) is 4.57 Å². The van der Waals surface area contributed by atoms with Gasteiger partial charge < -0.3 is 168 Å². The van der Waals surface area contributed by atoms with Crippen LogP contribution in [0.4, 0.5) is 0 Å². The van der Waals surface area contributed by atoms with Crippen LogP contribution in [0.25, 0.3) is 0 Å². The molecule has 0 amide bonds. The molecule has 21 saturated heterocycles. The molecule has 1 aromatic heterocycles. The van der Waals surface area contributed by atoms with Gasteiger partial charge in [0.1, 0.15) is 190 Å². The zero-order valence-corrected chi connectivity index (χ0v) is 48.4. The summed E-state index contributed by atoms with van der Waals surface area (Å²) in [6.45, 7) is -3.68. The van der Waals surface area contributed by atoms with Crippen molar-refractivity contribution in [2.45, 2.75) is 273 Å². The fraction of sp³-hybridized carbons (Fsp3) is 0.943. The molecule has 21 aliphatic rings. The van der Waals surface area contributed by atoms with E-state index in [9.17, 15) is 102 Å². The summed E-state index contributed by atoms with van der Waals surface area (Å²) in [5.74, 6) is 0. The second kappa shape index (κ2) is 31.6. The molecule has 35 atom stereocenters. The minimum atomic E-state index is -2.21. The van der Waals surface area contributed by atoms with Crippen molar-refractivity contribution in [3.8, 4) is 0 Å². The molecule has 22 rings (SSSR count). The van der Waals surface area contributed by atoms with E-state index in [-0.39, 0.29) is 6.54 Å².